The summed E-state index contributed by atoms with van der Waals surface area (Å²) in [6.07, 6.45) is 2.93. The first-order valence-electron chi connectivity index (χ1n) is 6.18. The van der Waals surface area contributed by atoms with E-state index in [-0.39, 0.29) is 6.61 Å². The quantitative estimate of drug-likeness (QED) is 0.715. The molecule has 0 amide bonds. The van der Waals surface area contributed by atoms with Crippen molar-refractivity contribution in [1.29, 1.82) is 0 Å². The zero-order valence-corrected chi connectivity index (χ0v) is 10.2. The molecule has 0 aliphatic carbocycles. The van der Waals surface area contributed by atoms with Gasteiger partial charge >= 0.3 is 0 Å². The van der Waals surface area contributed by atoms with Gasteiger partial charge in [-0.1, -0.05) is 25.1 Å². The van der Waals surface area contributed by atoms with Crippen LogP contribution in [0, 0.1) is 5.92 Å². The Balaban J connectivity index is 1.91. The Morgan fingerprint density at radius 3 is 3.00 bits per heavy atom. The molecule has 1 aromatic carbocycles. The van der Waals surface area contributed by atoms with Crippen LogP contribution in [0.3, 0.4) is 0 Å². The summed E-state index contributed by atoms with van der Waals surface area (Å²) in [5.74, 6) is 0.519. The van der Waals surface area contributed by atoms with Crippen LogP contribution >= 0.6 is 0 Å². The fourth-order valence-corrected chi connectivity index (χ4v) is 2.05. The molecular weight excluding hydrogens is 212 g/mol. The summed E-state index contributed by atoms with van der Waals surface area (Å²) >= 11 is 0. The lowest BCUT2D eigenvalue weighted by molar-refractivity contribution is 0.260. The molecule has 2 aromatic rings. The molecule has 0 saturated carbocycles. The summed E-state index contributed by atoms with van der Waals surface area (Å²) in [6.45, 7) is 4.24. The summed E-state index contributed by atoms with van der Waals surface area (Å²) in [6, 6.07) is 8.33. The van der Waals surface area contributed by atoms with Gasteiger partial charge in [0.25, 0.3) is 0 Å². The molecule has 3 heteroatoms. The van der Waals surface area contributed by atoms with E-state index in [1.807, 2.05) is 6.07 Å². The second-order valence-corrected chi connectivity index (χ2v) is 4.61. The van der Waals surface area contributed by atoms with Gasteiger partial charge in [-0.25, -0.2) is 0 Å². The highest BCUT2D eigenvalue weighted by molar-refractivity contribution is 5.82. The van der Waals surface area contributed by atoms with Crippen LogP contribution in [0.2, 0.25) is 0 Å². The van der Waals surface area contributed by atoms with Crippen LogP contribution in [0.15, 0.2) is 30.5 Å². The summed E-state index contributed by atoms with van der Waals surface area (Å²) in [5.41, 5.74) is 2.49. The smallest absolute Gasteiger partial charge is 0.0457 e. The molecule has 92 valence electrons. The highest BCUT2D eigenvalue weighted by Gasteiger charge is 2.04. The lowest BCUT2D eigenvalue weighted by Gasteiger charge is -2.10. The van der Waals surface area contributed by atoms with Crippen molar-refractivity contribution in [2.75, 3.05) is 13.2 Å². The number of fused-ring (bicyclic) bond motifs is 1. The standard InChI is InChI=1S/C14H20N2O/c1-11(6-7-17)8-15-9-12-10-16-14-5-3-2-4-13(12)14/h2-5,10-11,15-17H,6-9H2,1H3. The monoisotopic (exact) mass is 232 g/mol. The molecule has 0 radical (unpaired) electrons. The van der Waals surface area contributed by atoms with Crippen molar-refractivity contribution >= 4 is 10.9 Å². The van der Waals surface area contributed by atoms with E-state index in [0.29, 0.717) is 5.92 Å². The van der Waals surface area contributed by atoms with Crippen LogP contribution < -0.4 is 5.32 Å². The second-order valence-electron chi connectivity index (χ2n) is 4.61. The molecule has 0 spiro atoms. The predicted octanol–water partition coefficient (Wildman–Crippen LogP) is 2.28. The van der Waals surface area contributed by atoms with Crippen molar-refractivity contribution in [3.8, 4) is 0 Å². The zero-order valence-electron chi connectivity index (χ0n) is 10.2. The normalized spacial score (nSPS) is 13.1. The molecule has 1 heterocycles. The molecule has 1 atom stereocenters. The van der Waals surface area contributed by atoms with Gasteiger partial charge in [-0.15, -0.1) is 0 Å². The molecule has 1 aromatic heterocycles. The van der Waals surface area contributed by atoms with Crippen LogP contribution in [-0.2, 0) is 6.54 Å². The molecule has 3 N–H and O–H groups in total. The topological polar surface area (TPSA) is 48.0 Å². The number of rotatable bonds is 6. The Hall–Kier alpha value is -1.32. The largest absolute Gasteiger partial charge is 0.396 e. The van der Waals surface area contributed by atoms with E-state index in [9.17, 15) is 0 Å². The lowest BCUT2D eigenvalue weighted by Crippen LogP contribution is -2.21. The minimum absolute atomic E-state index is 0.274. The van der Waals surface area contributed by atoms with E-state index in [1.165, 1.54) is 16.5 Å². The number of hydrogen-bond donors (Lipinski definition) is 3. The number of aromatic nitrogens is 1. The number of aliphatic hydroxyl groups is 1. The van der Waals surface area contributed by atoms with Crippen molar-refractivity contribution < 1.29 is 5.11 Å². The molecule has 2 rings (SSSR count). The van der Waals surface area contributed by atoms with Gasteiger partial charge in [0.05, 0.1) is 0 Å². The maximum Gasteiger partial charge on any atom is 0.0457 e. The van der Waals surface area contributed by atoms with Crippen molar-refractivity contribution in [2.45, 2.75) is 19.9 Å². The summed E-state index contributed by atoms with van der Waals surface area (Å²) in [4.78, 5) is 3.27. The van der Waals surface area contributed by atoms with E-state index >= 15 is 0 Å². The number of aliphatic hydroxyl groups excluding tert-OH is 1. The first kappa shape index (κ1) is 12.1. The Labute approximate surface area is 102 Å². The Bertz CT molecular complexity index is 464. The van der Waals surface area contributed by atoms with Gasteiger partial charge in [0.2, 0.25) is 0 Å². The van der Waals surface area contributed by atoms with E-state index in [2.05, 4.69) is 41.6 Å². The minimum atomic E-state index is 0.274. The van der Waals surface area contributed by atoms with Gasteiger partial charge < -0.3 is 15.4 Å². The third-order valence-electron chi connectivity index (χ3n) is 3.11. The number of nitrogens with one attached hydrogen (secondary N) is 2. The van der Waals surface area contributed by atoms with Crippen LogP contribution in [0.4, 0.5) is 0 Å². The number of para-hydroxylation sites is 1. The van der Waals surface area contributed by atoms with Gasteiger partial charge in [-0.05, 0) is 30.5 Å². The summed E-state index contributed by atoms with van der Waals surface area (Å²) < 4.78 is 0. The average molecular weight is 232 g/mol. The molecule has 0 aliphatic rings. The van der Waals surface area contributed by atoms with Crippen molar-refractivity contribution in [1.82, 2.24) is 10.3 Å². The maximum atomic E-state index is 8.83. The average Bonchev–Trinajstić information content (AvgIpc) is 2.73. The Kier molecular flexibility index (Phi) is 4.18. The maximum absolute atomic E-state index is 8.83. The van der Waals surface area contributed by atoms with Gasteiger partial charge in [0.1, 0.15) is 0 Å². The predicted molar refractivity (Wildman–Crippen MR) is 70.9 cm³/mol. The van der Waals surface area contributed by atoms with Crippen molar-refractivity contribution in [3.05, 3.63) is 36.0 Å². The molecule has 0 fully saturated rings. The van der Waals surface area contributed by atoms with Crippen LogP contribution in [0.25, 0.3) is 10.9 Å². The highest BCUT2D eigenvalue weighted by Crippen LogP contribution is 2.17. The summed E-state index contributed by atoms with van der Waals surface area (Å²) in [7, 11) is 0. The molecule has 0 saturated heterocycles. The number of benzene rings is 1. The SMILES string of the molecule is CC(CCO)CNCc1c[nH]c2ccccc12. The van der Waals surface area contributed by atoms with Gasteiger partial charge in [-0.2, -0.15) is 0 Å². The first-order valence-corrected chi connectivity index (χ1v) is 6.18. The van der Waals surface area contributed by atoms with E-state index in [4.69, 9.17) is 5.11 Å². The Morgan fingerprint density at radius 2 is 2.18 bits per heavy atom. The fraction of sp³-hybridized carbons (Fsp3) is 0.429. The van der Waals surface area contributed by atoms with E-state index < -0.39 is 0 Å². The number of H-pyrrole nitrogens is 1. The number of aromatic amines is 1. The molecular formula is C14H20N2O. The van der Waals surface area contributed by atoms with Gasteiger partial charge in [0, 0.05) is 30.3 Å². The van der Waals surface area contributed by atoms with E-state index in [0.717, 1.165) is 19.5 Å². The van der Waals surface area contributed by atoms with Crippen molar-refractivity contribution in [2.24, 2.45) is 5.92 Å². The third-order valence-corrected chi connectivity index (χ3v) is 3.11. The molecule has 0 aliphatic heterocycles. The van der Waals surface area contributed by atoms with Crippen LogP contribution in [0.1, 0.15) is 18.9 Å². The number of hydrogen-bond acceptors (Lipinski definition) is 2. The van der Waals surface area contributed by atoms with E-state index in [1.54, 1.807) is 0 Å². The zero-order chi connectivity index (χ0) is 12.1. The molecule has 3 nitrogen and oxygen atoms in total. The van der Waals surface area contributed by atoms with Gasteiger partial charge in [-0.3, -0.25) is 0 Å². The Morgan fingerprint density at radius 1 is 1.35 bits per heavy atom. The fourth-order valence-electron chi connectivity index (χ4n) is 2.05. The molecule has 1 unspecified atom stereocenters. The first-order chi connectivity index (χ1) is 8.31. The minimum Gasteiger partial charge on any atom is -0.396 e. The van der Waals surface area contributed by atoms with Crippen LogP contribution in [-0.4, -0.2) is 23.2 Å². The van der Waals surface area contributed by atoms with Crippen LogP contribution in [0.5, 0.6) is 0 Å². The summed E-state index contributed by atoms with van der Waals surface area (Å²) in [5, 5.41) is 13.5. The highest BCUT2D eigenvalue weighted by atomic mass is 16.3. The van der Waals surface area contributed by atoms with Crippen molar-refractivity contribution in [3.63, 3.8) is 0 Å². The molecule has 0 bridgehead atoms. The second kappa shape index (κ2) is 5.84. The molecule has 17 heavy (non-hydrogen) atoms. The van der Waals surface area contributed by atoms with Gasteiger partial charge in [0.15, 0.2) is 0 Å². The lowest BCUT2D eigenvalue weighted by atomic mass is 10.1. The third kappa shape index (κ3) is 3.08.